The predicted octanol–water partition coefficient (Wildman–Crippen LogP) is 5.09. The van der Waals surface area contributed by atoms with Crippen LogP contribution in [0.15, 0.2) is 46.9 Å². The highest BCUT2D eigenvalue weighted by Crippen LogP contribution is 2.28. The Morgan fingerprint density at radius 1 is 1.38 bits per heavy atom. The Morgan fingerprint density at radius 2 is 2.15 bits per heavy atom. The maximum Gasteiger partial charge on any atom is 0.263 e. The Morgan fingerprint density at radius 3 is 2.88 bits per heavy atom. The number of ether oxygens (including phenoxy) is 1. The molecule has 2 heterocycles. The molecule has 0 aliphatic carbocycles. The van der Waals surface area contributed by atoms with E-state index >= 15 is 0 Å². The molecule has 4 nitrogen and oxygen atoms in total. The number of halogens is 1. The van der Waals surface area contributed by atoms with E-state index < -0.39 is 0 Å². The summed E-state index contributed by atoms with van der Waals surface area (Å²) in [5, 5.41) is 1.99. The third kappa shape index (κ3) is 3.82. The summed E-state index contributed by atoms with van der Waals surface area (Å²) in [5.74, 6) is 1.31. The van der Waals surface area contributed by atoms with E-state index in [4.69, 9.17) is 21.3 Å². The molecule has 0 amide bonds. The second-order valence-electron chi connectivity index (χ2n) is 5.69. The number of nitrogens with zero attached hydrogens (tertiary/aromatic N) is 2. The number of benzene rings is 1. The van der Waals surface area contributed by atoms with Crippen LogP contribution in [0.25, 0.3) is 10.2 Å². The Kier molecular flexibility index (Phi) is 6.06. The van der Waals surface area contributed by atoms with E-state index in [0.29, 0.717) is 40.2 Å². The van der Waals surface area contributed by atoms with Crippen LogP contribution in [0.1, 0.15) is 10.4 Å². The minimum Gasteiger partial charge on any atom is -0.491 e. The highest BCUT2D eigenvalue weighted by molar-refractivity contribution is 7.99. The van der Waals surface area contributed by atoms with Gasteiger partial charge in [0.05, 0.1) is 17.0 Å². The van der Waals surface area contributed by atoms with Crippen molar-refractivity contribution in [1.29, 1.82) is 0 Å². The average Bonchev–Trinajstić information content (AvgIpc) is 2.90. The van der Waals surface area contributed by atoms with Gasteiger partial charge in [0.15, 0.2) is 5.16 Å². The number of allylic oxidation sites excluding steroid dienone is 1. The number of hydrogen-bond acceptors (Lipinski definition) is 5. The molecule has 136 valence electrons. The van der Waals surface area contributed by atoms with Gasteiger partial charge in [0.1, 0.15) is 10.6 Å². The van der Waals surface area contributed by atoms with Gasteiger partial charge < -0.3 is 4.74 Å². The Balaban J connectivity index is 1.80. The maximum atomic E-state index is 12.9. The summed E-state index contributed by atoms with van der Waals surface area (Å²) in [6.07, 6.45) is 1.72. The summed E-state index contributed by atoms with van der Waals surface area (Å²) in [6.45, 7) is 8.65. The zero-order valence-corrected chi connectivity index (χ0v) is 17.0. The molecule has 0 saturated heterocycles. The van der Waals surface area contributed by atoms with Crippen LogP contribution < -0.4 is 10.3 Å². The molecule has 3 aromatic rings. The van der Waals surface area contributed by atoms with E-state index in [2.05, 4.69) is 6.58 Å². The van der Waals surface area contributed by atoms with Crippen LogP contribution in [0.5, 0.6) is 5.75 Å². The fraction of sp³-hybridized carbons (Fsp3) is 0.263. The lowest BCUT2D eigenvalue weighted by atomic mass is 10.2. The van der Waals surface area contributed by atoms with Gasteiger partial charge in [-0.2, -0.15) is 0 Å². The molecule has 0 unspecified atom stereocenters. The Bertz CT molecular complexity index is 1010. The van der Waals surface area contributed by atoms with Crippen molar-refractivity contribution in [2.24, 2.45) is 0 Å². The summed E-state index contributed by atoms with van der Waals surface area (Å²) >= 11 is 9.15. The lowest BCUT2D eigenvalue weighted by molar-refractivity contribution is 0.344. The SMILES string of the molecule is C=CCn1c(SCCOc2ccccc2Cl)nc2sc(C)c(C)c2c1=O. The van der Waals surface area contributed by atoms with Crippen molar-refractivity contribution in [1.82, 2.24) is 9.55 Å². The van der Waals surface area contributed by atoms with E-state index in [1.165, 1.54) is 11.8 Å². The molecule has 26 heavy (non-hydrogen) atoms. The summed E-state index contributed by atoms with van der Waals surface area (Å²) in [6, 6.07) is 7.37. The van der Waals surface area contributed by atoms with E-state index in [1.807, 2.05) is 32.0 Å². The van der Waals surface area contributed by atoms with Crippen molar-refractivity contribution >= 4 is 44.9 Å². The standard InChI is InChI=1S/C19H19ClN2O2S2/c1-4-9-22-18(23)16-12(2)13(3)26-17(16)21-19(22)25-11-10-24-15-8-6-5-7-14(15)20/h4-8H,1,9-11H2,2-3H3. The largest absolute Gasteiger partial charge is 0.491 e. The number of fused-ring (bicyclic) bond motifs is 1. The number of hydrogen-bond donors (Lipinski definition) is 0. The molecule has 1 aromatic carbocycles. The van der Waals surface area contributed by atoms with Crippen LogP contribution in [0.3, 0.4) is 0 Å². The van der Waals surface area contributed by atoms with Gasteiger partial charge in [0.2, 0.25) is 0 Å². The molecule has 2 aromatic heterocycles. The van der Waals surface area contributed by atoms with Gasteiger partial charge in [-0.25, -0.2) is 4.98 Å². The van der Waals surface area contributed by atoms with Gasteiger partial charge in [0.25, 0.3) is 5.56 Å². The number of thioether (sulfide) groups is 1. The third-order valence-electron chi connectivity index (χ3n) is 3.97. The van der Waals surface area contributed by atoms with Crippen molar-refractivity contribution in [3.63, 3.8) is 0 Å². The normalized spacial score (nSPS) is 11.0. The summed E-state index contributed by atoms with van der Waals surface area (Å²) in [5.41, 5.74) is 1.00. The molecule has 0 radical (unpaired) electrons. The molecule has 0 atom stereocenters. The van der Waals surface area contributed by atoms with Crippen LogP contribution in [-0.2, 0) is 6.54 Å². The van der Waals surface area contributed by atoms with E-state index in [-0.39, 0.29) is 5.56 Å². The average molecular weight is 407 g/mol. The minimum atomic E-state index is -0.00808. The molecule has 0 N–H and O–H groups in total. The van der Waals surface area contributed by atoms with Crippen molar-refractivity contribution in [3.8, 4) is 5.75 Å². The molecule has 0 aliphatic rings. The summed E-state index contributed by atoms with van der Waals surface area (Å²) in [7, 11) is 0. The van der Waals surface area contributed by atoms with Gasteiger partial charge >= 0.3 is 0 Å². The lowest BCUT2D eigenvalue weighted by Gasteiger charge is -2.11. The molecule has 0 spiro atoms. The van der Waals surface area contributed by atoms with Crippen LogP contribution in [0.2, 0.25) is 5.02 Å². The van der Waals surface area contributed by atoms with Gasteiger partial charge in [0, 0.05) is 17.2 Å². The number of thiophene rings is 1. The molecular formula is C19H19ClN2O2S2. The third-order valence-corrected chi connectivity index (χ3v) is 6.33. The molecule has 7 heteroatoms. The fourth-order valence-electron chi connectivity index (χ4n) is 2.56. The van der Waals surface area contributed by atoms with Crippen LogP contribution in [-0.4, -0.2) is 21.9 Å². The quantitative estimate of drug-likeness (QED) is 0.237. The highest BCUT2D eigenvalue weighted by atomic mass is 35.5. The molecule has 0 aliphatic heterocycles. The first-order valence-corrected chi connectivity index (χ1v) is 10.3. The maximum absolute atomic E-state index is 12.9. The molecule has 0 fully saturated rings. The van der Waals surface area contributed by atoms with E-state index in [1.54, 1.807) is 28.0 Å². The number of para-hydroxylation sites is 1. The minimum absolute atomic E-state index is 0.00808. The van der Waals surface area contributed by atoms with Gasteiger partial charge in [-0.05, 0) is 31.5 Å². The van der Waals surface area contributed by atoms with Crippen molar-refractivity contribution in [2.45, 2.75) is 25.5 Å². The van der Waals surface area contributed by atoms with E-state index in [0.717, 1.165) is 15.3 Å². The summed E-state index contributed by atoms with van der Waals surface area (Å²) in [4.78, 5) is 19.5. The fourth-order valence-corrected chi connectivity index (χ4v) is 4.64. The first kappa shape index (κ1) is 19.0. The zero-order chi connectivity index (χ0) is 18.7. The van der Waals surface area contributed by atoms with Crippen LogP contribution in [0.4, 0.5) is 0 Å². The monoisotopic (exact) mass is 406 g/mol. The van der Waals surface area contributed by atoms with Crippen molar-refractivity contribution in [3.05, 3.63) is 62.7 Å². The molecule has 0 bridgehead atoms. The first-order chi connectivity index (χ1) is 12.5. The second kappa shape index (κ2) is 8.29. The second-order valence-corrected chi connectivity index (χ2v) is 8.36. The molecular weight excluding hydrogens is 388 g/mol. The van der Waals surface area contributed by atoms with Crippen LogP contribution >= 0.6 is 34.7 Å². The lowest BCUT2D eigenvalue weighted by Crippen LogP contribution is -2.23. The van der Waals surface area contributed by atoms with E-state index in [9.17, 15) is 4.79 Å². The highest BCUT2D eigenvalue weighted by Gasteiger charge is 2.16. The molecule has 0 saturated carbocycles. The molecule has 3 rings (SSSR count). The number of aryl methyl sites for hydroxylation is 2. The summed E-state index contributed by atoms with van der Waals surface area (Å²) < 4.78 is 7.39. The predicted molar refractivity (Wildman–Crippen MR) is 111 cm³/mol. The smallest absolute Gasteiger partial charge is 0.263 e. The van der Waals surface area contributed by atoms with Gasteiger partial charge in [-0.1, -0.05) is 41.6 Å². The van der Waals surface area contributed by atoms with Gasteiger partial charge in [-0.3, -0.25) is 9.36 Å². The Hall–Kier alpha value is -1.76. The first-order valence-electron chi connectivity index (χ1n) is 8.14. The van der Waals surface area contributed by atoms with Gasteiger partial charge in [-0.15, -0.1) is 17.9 Å². The zero-order valence-electron chi connectivity index (χ0n) is 14.6. The van der Waals surface area contributed by atoms with Crippen molar-refractivity contribution in [2.75, 3.05) is 12.4 Å². The topological polar surface area (TPSA) is 44.1 Å². The Labute approximate surface area is 165 Å². The number of aromatic nitrogens is 2. The van der Waals surface area contributed by atoms with Crippen LogP contribution in [0, 0.1) is 13.8 Å². The number of rotatable bonds is 7. The van der Waals surface area contributed by atoms with Crippen molar-refractivity contribution < 1.29 is 4.74 Å².